The molecule has 26 heavy (non-hydrogen) atoms. The Morgan fingerprint density at radius 2 is 1.77 bits per heavy atom. The summed E-state index contributed by atoms with van der Waals surface area (Å²) in [4.78, 5) is 12.0. The first kappa shape index (κ1) is 18.0. The van der Waals surface area contributed by atoms with E-state index in [9.17, 15) is 13.2 Å². The summed E-state index contributed by atoms with van der Waals surface area (Å²) < 4.78 is 43.8. The Bertz CT molecular complexity index is 880. The SMILES string of the molecule is NS(=O)(=O)c1ccc(OCCOC(=O)C2COc3ccccc3O2)cc1. The first-order chi connectivity index (χ1) is 12.4. The molecule has 0 bridgehead atoms. The minimum atomic E-state index is -3.74. The summed E-state index contributed by atoms with van der Waals surface area (Å²) in [6.07, 6.45) is -0.834. The number of sulfonamides is 1. The number of nitrogens with two attached hydrogens (primary N) is 1. The van der Waals surface area contributed by atoms with Gasteiger partial charge in [0.05, 0.1) is 4.90 Å². The Hall–Kier alpha value is -2.78. The topological polar surface area (TPSA) is 114 Å². The number of hydrogen-bond acceptors (Lipinski definition) is 7. The van der Waals surface area contributed by atoms with Crippen LogP contribution in [0.2, 0.25) is 0 Å². The molecule has 1 heterocycles. The zero-order valence-corrected chi connectivity index (χ0v) is 14.5. The first-order valence-electron chi connectivity index (χ1n) is 7.74. The van der Waals surface area contributed by atoms with Crippen molar-refractivity contribution in [3.63, 3.8) is 0 Å². The van der Waals surface area contributed by atoms with E-state index < -0.39 is 22.1 Å². The fourth-order valence-electron chi connectivity index (χ4n) is 2.26. The van der Waals surface area contributed by atoms with Crippen molar-refractivity contribution in [1.29, 1.82) is 0 Å². The number of ether oxygens (including phenoxy) is 4. The van der Waals surface area contributed by atoms with Crippen molar-refractivity contribution in [3.05, 3.63) is 48.5 Å². The summed E-state index contributed by atoms with van der Waals surface area (Å²) in [5.41, 5.74) is 0. The molecular weight excluding hydrogens is 362 g/mol. The molecule has 8 nitrogen and oxygen atoms in total. The third kappa shape index (κ3) is 4.44. The van der Waals surface area contributed by atoms with Crippen molar-refractivity contribution >= 4 is 16.0 Å². The number of carbonyl (C=O) groups is 1. The molecule has 0 spiro atoms. The zero-order valence-electron chi connectivity index (χ0n) is 13.7. The van der Waals surface area contributed by atoms with Gasteiger partial charge >= 0.3 is 5.97 Å². The van der Waals surface area contributed by atoms with E-state index >= 15 is 0 Å². The second kappa shape index (κ2) is 7.63. The average molecular weight is 379 g/mol. The number of carbonyl (C=O) groups excluding carboxylic acids is 1. The van der Waals surface area contributed by atoms with Gasteiger partial charge in [-0.05, 0) is 36.4 Å². The van der Waals surface area contributed by atoms with Crippen LogP contribution in [0.4, 0.5) is 0 Å². The van der Waals surface area contributed by atoms with Gasteiger partial charge in [-0.3, -0.25) is 0 Å². The smallest absolute Gasteiger partial charge is 0.351 e. The second-order valence-electron chi connectivity index (χ2n) is 5.40. The predicted molar refractivity (Wildman–Crippen MR) is 90.6 cm³/mol. The highest BCUT2D eigenvalue weighted by Gasteiger charge is 2.28. The normalized spacial score (nSPS) is 16.0. The minimum Gasteiger partial charge on any atom is -0.490 e. The van der Waals surface area contributed by atoms with E-state index in [-0.39, 0.29) is 24.7 Å². The van der Waals surface area contributed by atoms with Crippen LogP contribution in [0.5, 0.6) is 17.2 Å². The standard InChI is InChI=1S/C17H17NO7S/c18-26(20,21)13-7-5-12(6-8-13)22-9-10-23-17(19)16-11-24-14-3-1-2-4-15(14)25-16/h1-8,16H,9-11H2,(H2,18,20,21). The van der Waals surface area contributed by atoms with E-state index in [2.05, 4.69) is 0 Å². The molecule has 3 rings (SSSR count). The molecule has 1 aliphatic heterocycles. The zero-order chi connectivity index (χ0) is 18.6. The Balaban J connectivity index is 1.43. The highest BCUT2D eigenvalue weighted by Crippen LogP contribution is 2.31. The summed E-state index contributed by atoms with van der Waals surface area (Å²) >= 11 is 0. The number of para-hydroxylation sites is 2. The molecule has 138 valence electrons. The Morgan fingerprint density at radius 3 is 2.46 bits per heavy atom. The molecule has 1 unspecified atom stereocenters. The van der Waals surface area contributed by atoms with Crippen molar-refractivity contribution in [2.24, 2.45) is 5.14 Å². The van der Waals surface area contributed by atoms with Crippen LogP contribution < -0.4 is 19.3 Å². The van der Waals surface area contributed by atoms with Crippen molar-refractivity contribution < 1.29 is 32.2 Å². The van der Waals surface area contributed by atoms with Gasteiger partial charge < -0.3 is 18.9 Å². The van der Waals surface area contributed by atoms with E-state index in [1.165, 1.54) is 24.3 Å². The number of primary sulfonamides is 1. The van der Waals surface area contributed by atoms with E-state index in [1.54, 1.807) is 18.2 Å². The van der Waals surface area contributed by atoms with Crippen LogP contribution in [0.1, 0.15) is 0 Å². The maximum atomic E-state index is 12.0. The Kier molecular flexibility index (Phi) is 5.29. The molecule has 1 atom stereocenters. The summed E-state index contributed by atoms with van der Waals surface area (Å²) in [5, 5.41) is 5.01. The van der Waals surface area contributed by atoms with Gasteiger partial charge in [-0.15, -0.1) is 0 Å². The lowest BCUT2D eigenvalue weighted by Crippen LogP contribution is -2.38. The fraction of sp³-hybridized carbons (Fsp3) is 0.235. The van der Waals surface area contributed by atoms with Crippen LogP contribution in [-0.4, -0.2) is 40.3 Å². The molecule has 0 radical (unpaired) electrons. The van der Waals surface area contributed by atoms with E-state index in [0.29, 0.717) is 17.2 Å². The molecule has 0 saturated carbocycles. The van der Waals surface area contributed by atoms with Crippen LogP contribution >= 0.6 is 0 Å². The summed E-state index contributed by atoms with van der Waals surface area (Å²) in [6, 6.07) is 12.7. The van der Waals surface area contributed by atoms with Crippen LogP contribution in [0, 0.1) is 0 Å². The molecule has 2 aromatic carbocycles. The number of benzene rings is 2. The number of hydrogen-bond donors (Lipinski definition) is 1. The summed E-state index contributed by atoms with van der Waals surface area (Å²) in [5.74, 6) is 0.960. The summed E-state index contributed by atoms with van der Waals surface area (Å²) in [7, 11) is -3.74. The Morgan fingerprint density at radius 1 is 1.08 bits per heavy atom. The molecule has 2 N–H and O–H groups in total. The largest absolute Gasteiger partial charge is 0.490 e. The quantitative estimate of drug-likeness (QED) is 0.590. The number of fused-ring (bicyclic) bond motifs is 1. The van der Waals surface area contributed by atoms with Gasteiger partial charge in [-0.2, -0.15) is 0 Å². The first-order valence-corrected chi connectivity index (χ1v) is 9.29. The lowest BCUT2D eigenvalue weighted by molar-refractivity contribution is -0.155. The molecule has 0 fully saturated rings. The molecule has 0 amide bonds. The van der Waals surface area contributed by atoms with Crippen LogP contribution in [-0.2, 0) is 19.6 Å². The summed E-state index contributed by atoms with van der Waals surface area (Å²) in [6.45, 7) is 0.188. The minimum absolute atomic E-state index is 0.00833. The van der Waals surface area contributed by atoms with E-state index in [1.807, 2.05) is 6.07 Å². The fourth-order valence-corrected chi connectivity index (χ4v) is 2.77. The molecule has 1 aliphatic rings. The molecule has 0 saturated heterocycles. The molecule has 2 aromatic rings. The number of rotatable bonds is 6. The monoisotopic (exact) mass is 379 g/mol. The van der Waals surface area contributed by atoms with Gasteiger partial charge in [0, 0.05) is 0 Å². The predicted octanol–water partition coefficient (Wildman–Crippen LogP) is 1.10. The van der Waals surface area contributed by atoms with Gasteiger partial charge in [-0.1, -0.05) is 12.1 Å². The maximum absolute atomic E-state index is 12.0. The van der Waals surface area contributed by atoms with Crippen molar-refractivity contribution in [1.82, 2.24) is 0 Å². The highest BCUT2D eigenvalue weighted by atomic mass is 32.2. The van der Waals surface area contributed by atoms with Crippen molar-refractivity contribution in [2.75, 3.05) is 19.8 Å². The third-order valence-electron chi connectivity index (χ3n) is 3.52. The highest BCUT2D eigenvalue weighted by molar-refractivity contribution is 7.89. The van der Waals surface area contributed by atoms with Crippen LogP contribution in [0.3, 0.4) is 0 Å². The Labute approximate surface area is 150 Å². The van der Waals surface area contributed by atoms with Gasteiger partial charge in [0.25, 0.3) is 0 Å². The van der Waals surface area contributed by atoms with Gasteiger partial charge in [0.1, 0.15) is 25.6 Å². The lowest BCUT2D eigenvalue weighted by Gasteiger charge is -2.24. The molecular formula is C17H17NO7S. The van der Waals surface area contributed by atoms with Gasteiger partial charge in [-0.25, -0.2) is 18.4 Å². The average Bonchev–Trinajstić information content (AvgIpc) is 2.64. The number of esters is 1. The van der Waals surface area contributed by atoms with Crippen LogP contribution in [0.25, 0.3) is 0 Å². The second-order valence-corrected chi connectivity index (χ2v) is 6.96. The van der Waals surface area contributed by atoms with Crippen LogP contribution in [0.15, 0.2) is 53.4 Å². The van der Waals surface area contributed by atoms with E-state index in [4.69, 9.17) is 24.1 Å². The molecule has 0 aromatic heterocycles. The van der Waals surface area contributed by atoms with Crippen molar-refractivity contribution in [3.8, 4) is 17.2 Å². The molecule has 9 heteroatoms. The van der Waals surface area contributed by atoms with Gasteiger partial charge in [0.15, 0.2) is 11.5 Å². The van der Waals surface area contributed by atoms with E-state index in [0.717, 1.165) is 0 Å². The van der Waals surface area contributed by atoms with Gasteiger partial charge in [0.2, 0.25) is 16.1 Å². The maximum Gasteiger partial charge on any atom is 0.351 e. The lowest BCUT2D eigenvalue weighted by atomic mass is 10.2. The van der Waals surface area contributed by atoms with Crippen molar-refractivity contribution in [2.45, 2.75) is 11.0 Å². The third-order valence-corrected chi connectivity index (χ3v) is 4.45. The molecule has 0 aliphatic carbocycles.